The number of nitrogens with two attached hydrogens (primary N) is 1. The largest absolute Gasteiger partial charge is 0.494 e. The lowest BCUT2D eigenvalue weighted by Crippen LogP contribution is -2.15. The Bertz CT molecular complexity index is 529. The summed E-state index contributed by atoms with van der Waals surface area (Å²) in [6, 6.07) is 9.86. The standard InChI is InChI=1S/C13H18N6O2/c1-20-13-17-11(16-12(18-13)19-14)15-8-5-9-21-10-6-3-2-4-7-10/h2-4,6-7H,5,8-9,14H2,1H3,(H2,15,16,17,18,19). The number of nitrogens with zero attached hydrogens (tertiary/aromatic N) is 3. The highest BCUT2D eigenvalue weighted by Gasteiger charge is 2.05. The molecule has 21 heavy (non-hydrogen) atoms. The zero-order valence-electron chi connectivity index (χ0n) is 11.7. The molecule has 0 bridgehead atoms. The van der Waals surface area contributed by atoms with Gasteiger partial charge in [-0.05, 0) is 18.6 Å². The van der Waals surface area contributed by atoms with E-state index < -0.39 is 0 Å². The van der Waals surface area contributed by atoms with E-state index in [0.29, 0.717) is 19.1 Å². The van der Waals surface area contributed by atoms with Gasteiger partial charge >= 0.3 is 6.01 Å². The average molecular weight is 290 g/mol. The molecule has 2 rings (SSSR count). The molecule has 0 radical (unpaired) electrons. The molecule has 0 spiro atoms. The first-order chi connectivity index (χ1) is 10.3. The number of hydrogen-bond acceptors (Lipinski definition) is 8. The maximum absolute atomic E-state index is 5.58. The molecule has 1 aromatic carbocycles. The van der Waals surface area contributed by atoms with Crippen LogP contribution < -0.4 is 26.1 Å². The third kappa shape index (κ3) is 4.77. The van der Waals surface area contributed by atoms with Crippen molar-refractivity contribution in [2.75, 3.05) is 31.0 Å². The van der Waals surface area contributed by atoms with Crippen molar-refractivity contribution in [2.24, 2.45) is 5.84 Å². The molecule has 0 atom stereocenters. The number of para-hydroxylation sites is 1. The molecule has 0 aliphatic heterocycles. The van der Waals surface area contributed by atoms with E-state index in [0.717, 1.165) is 12.2 Å². The molecule has 8 nitrogen and oxygen atoms in total. The lowest BCUT2D eigenvalue weighted by molar-refractivity contribution is 0.315. The Kier molecular flexibility index (Phi) is 5.53. The van der Waals surface area contributed by atoms with Gasteiger partial charge in [0.1, 0.15) is 5.75 Å². The van der Waals surface area contributed by atoms with Gasteiger partial charge in [0.25, 0.3) is 0 Å². The number of ether oxygens (including phenoxy) is 2. The molecule has 0 unspecified atom stereocenters. The van der Waals surface area contributed by atoms with E-state index in [1.807, 2.05) is 30.3 Å². The van der Waals surface area contributed by atoms with Crippen LogP contribution >= 0.6 is 0 Å². The highest BCUT2D eigenvalue weighted by molar-refractivity contribution is 5.34. The van der Waals surface area contributed by atoms with E-state index >= 15 is 0 Å². The van der Waals surface area contributed by atoms with Crippen LogP contribution in [0.2, 0.25) is 0 Å². The van der Waals surface area contributed by atoms with Crippen LogP contribution in [-0.2, 0) is 0 Å². The first-order valence-electron chi connectivity index (χ1n) is 6.50. The normalized spacial score (nSPS) is 10.0. The van der Waals surface area contributed by atoms with Crippen molar-refractivity contribution in [1.29, 1.82) is 0 Å². The summed E-state index contributed by atoms with van der Waals surface area (Å²) in [6.45, 7) is 1.26. The number of benzene rings is 1. The summed E-state index contributed by atoms with van der Waals surface area (Å²) < 4.78 is 10.5. The second-order valence-electron chi connectivity index (χ2n) is 4.06. The second-order valence-corrected chi connectivity index (χ2v) is 4.06. The van der Waals surface area contributed by atoms with Gasteiger partial charge in [-0.1, -0.05) is 18.2 Å². The number of anilines is 2. The molecule has 1 aromatic heterocycles. The molecule has 1 heterocycles. The molecule has 8 heteroatoms. The lowest BCUT2D eigenvalue weighted by Gasteiger charge is -2.08. The van der Waals surface area contributed by atoms with Crippen molar-refractivity contribution >= 4 is 11.9 Å². The van der Waals surface area contributed by atoms with E-state index in [2.05, 4.69) is 25.7 Å². The SMILES string of the molecule is COc1nc(NN)nc(NCCCOc2ccccc2)n1. The fourth-order valence-corrected chi connectivity index (χ4v) is 1.57. The Balaban J connectivity index is 1.75. The fraction of sp³-hybridized carbons (Fsp3) is 0.308. The number of hydrazine groups is 1. The molecule has 0 amide bonds. The molecule has 2 aromatic rings. The zero-order chi connectivity index (χ0) is 14.9. The summed E-state index contributed by atoms with van der Waals surface area (Å²) >= 11 is 0. The van der Waals surface area contributed by atoms with Gasteiger partial charge in [0, 0.05) is 6.54 Å². The molecule has 0 saturated heterocycles. The van der Waals surface area contributed by atoms with E-state index in [4.69, 9.17) is 15.3 Å². The van der Waals surface area contributed by atoms with Crippen LogP contribution in [0, 0.1) is 0 Å². The van der Waals surface area contributed by atoms with Crippen LogP contribution in [-0.4, -0.2) is 35.2 Å². The van der Waals surface area contributed by atoms with Crippen molar-refractivity contribution in [3.8, 4) is 11.8 Å². The van der Waals surface area contributed by atoms with Crippen molar-refractivity contribution in [3.63, 3.8) is 0 Å². The monoisotopic (exact) mass is 290 g/mol. The van der Waals surface area contributed by atoms with Crippen LogP contribution in [0.1, 0.15) is 6.42 Å². The Labute approximate surface area is 122 Å². The Hall–Kier alpha value is -2.61. The van der Waals surface area contributed by atoms with Gasteiger partial charge < -0.3 is 14.8 Å². The molecule has 0 fully saturated rings. The Morgan fingerprint density at radius 1 is 1.10 bits per heavy atom. The summed E-state index contributed by atoms with van der Waals surface area (Å²) in [6.07, 6.45) is 0.800. The molecule has 0 aliphatic rings. The maximum Gasteiger partial charge on any atom is 0.322 e. The average Bonchev–Trinajstić information content (AvgIpc) is 2.55. The Morgan fingerprint density at radius 2 is 1.86 bits per heavy atom. The summed E-state index contributed by atoms with van der Waals surface area (Å²) in [4.78, 5) is 12.0. The molecule has 0 aliphatic carbocycles. The number of rotatable bonds is 8. The van der Waals surface area contributed by atoms with Crippen molar-refractivity contribution in [2.45, 2.75) is 6.42 Å². The molecule has 4 N–H and O–H groups in total. The highest BCUT2D eigenvalue weighted by Crippen LogP contribution is 2.10. The van der Waals surface area contributed by atoms with Crippen LogP contribution in [0.5, 0.6) is 11.8 Å². The van der Waals surface area contributed by atoms with E-state index in [9.17, 15) is 0 Å². The van der Waals surface area contributed by atoms with Gasteiger partial charge in [-0.2, -0.15) is 15.0 Å². The Morgan fingerprint density at radius 3 is 2.57 bits per heavy atom. The van der Waals surface area contributed by atoms with E-state index in [1.54, 1.807) is 0 Å². The molecule has 0 saturated carbocycles. The minimum absolute atomic E-state index is 0.195. The van der Waals surface area contributed by atoms with Crippen LogP contribution in [0.25, 0.3) is 0 Å². The lowest BCUT2D eigenvalue weighted by atomic mass is 10.3. The molecular formula is C13H18N6O2. The van der Waals surface area contributed by atoms with Crippen LogP contribution in [0.4, 0.5) is 11.9 Å². The third-order valence-corrected chi connectivity index (χ3v) is 2.54. The number of methoxy groups -OCH3 is 1. The first kappa shape index (κ1) is 14.8. The number of nitrogen functional groups attached to an aromatic ring is 1. The summed E-state index contributed by atoms with van der Waals surface area (Å²) in [5.74, 6) is 6.77. The van der Waals surface area contributed by atoms with Gasteiger partial charge in [0.05, 0.1) is 13.7 Å². The fourth-order valence-electron chi connectivity index (χ4n) is 1.57. The topological polar surface area (TPSA) is 107 Å². The van der Waals surface area contributed by atoms with Crippen molar-refractivity contribution in [3.05, 3.63) is 30.3 Å². The summed E-state index contributed by atoms with van der Waals surface area (Å²) in [5.41, 5.74) is 2.36. The predicted molar refractivity (Wildman–Crippen MR) is 79.2 cm³/mol. The zero-order valence-corrected chi connectivity index (χ0v) is 11.7. The van der Waals surface area contributed by atoms with E-state index in [-0.39, 0.29) is 12.0 Å². The maximum atomic E-state index is 5.58. The van der Waals surface area contributed by atoms with Crippen LogP contribution in [0.15, 0.2) is 30.3 Å². The number of nitrogens with one attached hydrogen (secondary N) is 2. The van der Waals surface area contributed by atoms with Crippen molar-refractivity contribution in [1.82, 2.24) is 15.0 Å². The number of hydrogen-bond donors (Lipinski definition) is 3. The van der Waals surface area contributed by atoms with Gasteiger partial charge in [-0.25, -0.2) is 5.84 Å². The van der Waals surface area contributed by atoms with Crippen LogP contribution in [0.3, 0.4) is 0 Å². The summed E-state index contributed by atoms with van der Waals surface area (Å²) in [5, 5.41) is 3.06. The van der Waals surface area contributed by atoms with Gasteiger partial charge in [0.15, 0.2) is 0 Å². The van der Waals surface area contributed by atoms with E-state index in [1.165, 1.54) is 7.11 Å². The van der Waals surface area contributed by atoms with Gasteiger partial charge in [-0.3, -0.25) is 5.43 Å². The third-order valence-electron chi connectivity index (χ3n) is 2.54. The van der Waals surface area contributed by atoms with Crippen molar-refractivity contribution < 1.29 is 9.47 Å². The molecular weight excluding hydrogens is 272 g/mol. The highest BCUT2D eigenvalue weighted by atomic mass is 16.5. The number of aromatic nitrogens is 3. The van der Waals surface area contributed by atoms with Gasteiger partial charge in [-0.15, -0.1) is 0 Å². The molecule has 112 valence electrons. The first-order valence-corrected chi connectivity index (χ1v) is 6.50. The second kappa shape index (κ2) is 7.85. The smallest absolute Gasteiger partial charge is 0.322 e. The van der Waals surface area contributed by atoms with Gasteiger partial charge in [0.2, 0.25) is 11.9 Å². The predicted octanol–water partition coefficient (Wildman–Crippen LogP) is 1.05. The minimum Gasteiger partial charge on any atom is -0.494 e. The quantitative estimate of drug-likeness (QED) is 0.376. The minimum atomic E-state index is 0.195. The summed E-state index contributed by atoms with van der Waals surface area (Å²) in [7, 11) is 1.48.